The fraction of sp³-hybridized carbons (Fsp3) is 0.500. The van der Waals surface area contributed by atoms with Crippen LogP contribution in [0.1, 0.15) is 20.3 Å². The maximum atomic E-state index is 11.6. The predicted octanol–water partition coefficient (Wildman–Crippen LogP) is 0.593. The van der Waals surface area contributed by atoms with Gasteiger partial charge in [-0.05, 0) is 12.0 Å². The smallest absolute Gasteiger partial charge is 0.251 e. The van der Waals surface area contributed by atoms with E-state index in [1.807, 2.05) is 0 Å². The normalized spacial score (nSPS) is 12.1. The molecule has 0 aliphatic heterocycles. The molecule has 0 saturated heterocycles. The molecule has 0 aliphatic carbocycles. The summed E-state index contributed by atoms with van der Waals surface area (Å²) in [7, 11) is 0. The molecule has 1 atom stereocenters. The number of hydrogen-bond donors (Lipinski definition) is 2. The van der Waals surface area contributed by atoms with Gasteiger partial charge in [0, 0.05) is 24.5 Å². The highest BCUT2D eigenvalue weighted by Gasteiger charge is 2.06. The van der Waals surface area contributed by atoms with E-state index in [4.69, 9.17) is 5.73 Å². The van der Waals surface area contributed by atoms with E-state index < -0.39 is 0 Å². The van der Waals surface area contributed by atoms with E-state index in [2.05, 4.69) is 19.2 Å². The van der Waals surface area contributed by atoms with Gasteiger partial charge in [0.1, 0.15) is 6.54 Å². The molecular formula is C12H19N3O2. The van der Waals surface area contributed by atoms with E-state index in [0.717, 1.165) is 6.42 Å². The summed E-state index contributed by atoms with van der Waals surface area (Å²) in [5.41, 5.74) is 5.80. The number of anilines is 1. The van der Waals surface area contributed by atoms with Crippen molar-refractivity contribution < 1.29 is 4.79 Å². The number of nitrogens with two attached hydrogens (primary N) is 1. The van der Waals surface area contributed by atoms with Crippen molar-refractivity contribution in [2.45, 2.75) is 26.8 Å². The van der Waals surface area contributed by atoms with E-state index in [9.17, 15) is 9.59 Å². The molecule has 3 N–H and O–H groups in total. The van der Waals surface area contributed by atoms with E-state index in [1.54, 1.807) is 0 Å². The number of hydrogen-bond acceptors (Lipinski definition) is 3. The number of carbonyl (C=O) groups is 1. The molecule has 0 aromatic carbocycles. The van der Waals surface area contributed by atoms with E-state index >= 15 is 0 Å². The predicted molar refractivity (Wildman–Crippen MR) is 67.6 cm³/mol. The molecule has 0 bridgehead atoms. The van der Waals surface area contributed by atoms with Crippen LogP contribution >= 0.6 is 0 Å². The zero-order valence-electron chi connectivity index (χ0n) is 10.3. The molecule has 0 fully saturated rings. The molecular weight excluding hydrogens is 218 g/mol. The number of nitrogens with zero attached hydrogens (tertiary/aromatic N) is 1. The number of nitrogens with one attached hydrogen (secondary N) is 1. The zero-order valence-corrected chi connectivity index (χ0v) is 10.3. The average molecular weight is 237 g/mol. The van der Waals surface area contributed by atoms with Gasteiger partial charge in [-0.3, -0.25) is 9.59 Å². The van der Waals surface area contributed by atoms with Crippen molar-refractivity contribution in [3.05, 3.63) is 28.7 Å². The Bertz CT molecular complexity index is 440. The topological polar surface area (TPSA) is 77.1 Å². The molecule has 0 radical (unpaired) electrons. The Morgan fingerprint density at radius 2 is 2.24 bits per heavy atom. The molecule has 94 valence electrons. The van der Waals surface area contributed by atoms with Crippen molar-refractivity contribution in [3.63, 3.8) is 0 Å². The molecule has 1 aromatic rings. The van der Waals surface area contributed by atoms with Gasteiger partial charge >= 0.3 is 0 Å². The highest BCUT2D eigenvalue weighted by atomic mass is 16.2. The van der Waals surface area contributed by atoms with Gasteiger partial charge in [0.25, 0.3) is 5.56 Å². The van der Waals surface area contributed by atoms with Gasteiger partial charge in [0.15, 0.2) is 0 Å². The number of aromatic nitrogens is 1. The van der Waals surface area contributed by atoms with Gasteiger partial charge in [-0.25, -0.2) is 0 Å². The lowest BCUT2D eigenvalue weighted by molar-refractivity contribution is -0.121. The summed E-state index contributed by atoms with van der Waals surface area (Å²) in [6.07, 6.45) is 2.49. The third-order valence-corrected chi connectivity index (χ3v) is 2.66. The van der Waals surface area contributed by atoms with Crippen LogP contribution in [0.15, 0.2) is 23.1 Å². The Kier molecular flexibility index (Phi) is 4.75. The van der Waals surface area contributed by atoms with E-state index in [-0.39, 0.29) is 18.0 Å². The van der Waals surface area contributed by atoms with Gasteiger partial charge in [-0.1, -0.05) is 20.3 Å². The molecule has 1 unspecified atom stereocenters. The Hall–Kier alpha value is -1.78. The van der Waals surface area contributed by atoms with E-state index in [0.29, 0.717) is 18.2 Å². The quantitative estimate of drug-likeness (QED) is 0.787. The Morgan fingerprint density at radius 3 is 2.88 bits per heavy atom. The van der Waals surface area contributed by atoms with Gasteiger partial charge in [0.05, 0.1) is 0 Å². The van der Waals surface area contributed by atoms with E-state index in [1.165, 1.54) is 22.9 Å². The first kappa shape index (κ1) is 13.3. The lowest BCUT2D eigenvalue weighted by atomic mass is 10.1. The number of rotatable bonds is 5. The molecule has 1 amide bonds. The van der Waals surface area contributed by atoms with Crippen molar-refractivity contribution in [2.24, 2.45) is 5.92 Å². The summed E-state index contributed by atoms with van der Waals surface area (Å²) >= 11 is 0. The Labute approximate surface area is 101 Å². The van der Waals surface area contributed by atoms with Crippen LogP contribution in [-0.2, 0) is 11.3 Å². The molecule has 0 spiro atoms. The highest BCUT2D eigenvalue weighted by Crippen LogP contribution is 1.98. The van der Waals surface area contributed by atoms with Crippen LogP contribution in [0.25, 0.3) is 0 Å². The highest BCUT2D eigenvalue weighted by molar-refractivity contribution is 5.75. The summed E-state index contributed by atoms with van der Waals surface area (Å²) in [6, 6.07) is 2.88. The Balaban J connectivity index is 2.56. The minimum Gasteiger partial charge on any atom is -0.398 e. The minimum absolute atomic E-state index is 0.0142. The minimum atomic E-state index is -0.224. The first-order valence-corrected chi connectivity index (χ1v) is 5.75. The van der Waals surface area contributed by atoms with Crippen molar-refractivity contribution >= 4 is 11.6 Å². The number of nitrogen functional groups attached to an aromatic ring is 1. The molecule has 1 rings (SSSR count). The average Bonchev–Trinajstić information content (AvgIpc) is 2.30. The molecule has 1 aromatic heterocycles. The fourth-order valence-electron chi connectivity index (χ4n) is 1.32. The summed E-state index contributed by atoms with van der Waals surface area (Å²) in [6.45, 7) is 4.78. The lowest BCUT2D eigenvalue weighted by Gasteiger charge is -2.11. The van der Waals surface area contributed by atoms with Crippen molar-refractivity contribution in [1.82, 2.24) is 9.88 Å². The van der Waals surface area contributed by atoms with Crippen molar-refractivity contribution in [2.75, 3.05) is 12.3 Å². The maximum Gasteiger partial charge on any atom is 0.251 e. The second-order valence-corrected chi connectivity index (χ2v) is 4.25. The van der Waals surface area contributed by atoms with Crippen LogP contribution in [0.3, 0.4) is 0 Å². The van der Waals surface area contributed by atoms with Crippen LogP contribution in [0.2, 0.25) is 0 Å². The SMILES string of the molecule is CCC(C)CNC(=O)Cn1cc(N)ccc1=O. The van der Waals surface area contributed by atoms with Crippen LogP contribution < -0.4 is 16.6 Å². The number of amides is 1. The number of carbonyl (C=O) groups excluding carboxylic acids is 1. The third kappa shape index (κ3) is 4.30. The summed E-state index contributed by atoms with van der Waals surface area (Å²) in [4.78, 5) is 23.0. The first-order valence-electron chi connectivity index (χ1n) is 5.75. The molecule has 0 aliphatic rings. The first-order chi connectivity index (χ1) is 8.02. The Morgan fingerprint density at radius 1 is 1.53 bits per heavy atom. The van der Waals surface area contributed by atoms with Gasteiger partial charge in [0.2, 0.25) is 5.91 Å². The van der Waals surface area contributed by atoms with Crippen LogP contribution in [0, 0.1) is 5.92 Å². The summed E-state index contributed by atoms with van der Waals surface area (Å²) < 4.78 is 1.31. The van der Waals surface area contributed by atoms with Crippen molar-refractivity contribution in [3.8, 4) is 0 Å². The standard InChI is InChI=1S/C12H19N3O2/c1-3-9(2)6-14-11(16)8-15-7-10(13)4-5-12(15)17/h4-5,7,9H,3,6,8,13H2,1-2H3,(H,14,16). The van der Waals surface area contributed by atoms with Gasteiger partial charge in [-0.2, -0.15) is 0 Å². The largest absolute Gasteiger partial charge is 0.398 e. The van der Waals surface area contributed by atoms with Crippen LogP contribution in [0.5, 0.6) is 0 Å². The zero-order chi connectivity index (χ0) is 12.8. The monoisotopic (exact) mass is 237 g/mol. The van der Waals surface area contributed by atoms with Gasteiger partial charge < -0.3 is 15.6 Å². The molecule has 17 heavy (non-hydrogen) atoms. The number of pyridine rings is 1. The second-order valence-electron chi connectivity index (χ2n) is 4.25. The maximum absolute atomic E-state index is 11.6. The summed E-state index contributed by atoms with van der Waals surface area (Å²) in [5.74, 6) is 0.273. The third-order valence-electron chi connectivity index (χ3n) is 2.66. The molecule has 5 heteroatoms. The van der Waals surface area contributed by atoms with Crippen molar-refractivity contribution in [1.29, 1.82) is 0 Å². The fourth-order valence-corrected chi connectivity index (χ4v) is 1.32. The lowest BCUT2D eigenvalue weighted by Crippen LogP contribution is -2.34. The van der Waals surface area contributed by atoms with Crippen LogP contribution in [0.4, 0.5) is 5.69 Å². The van der Waals surface area contributed by atoms with Crippen LogP contribution in [-0.4, -0.2) is 17.0 Å². The molecule has 0 saturated carbocycles. The summed E-state index contributed by atoms with van der Waals surface area (Å²) in [5, 5.41) is 2.79. The molecule has 5 nitrogen and oxygen atoms in total. The van der Waals surface area contributed by atoms with Gasteiger partial charge in [-0.15, -0.1) is 0 Å². The second kappa shape index (κ2) is 6.08. The molecule has 1 heterocycles.